The second-order valence-corrected chi connectivity index (χ2v) is 5.57. The molecule has 0 saturated carbocycles. The van der Waals surface area contributed by atoms with Crippen LogP contribution in [0.4, 0.5) is 0 Å². The van der Waals surface area contributed by atoms with Gasteiger partial charge in [0, 0.05) is 16.5 Å². The van der Waals surface area contributed by atoms with Crippen molar-refractivity contribution in [3.63, 3.8) is 0 Å². The van der Waals surface area contributed by atoms with Crippen LogP contribution in [0.5, 0.6) is 0 Å². The number of hydrogen-bond donors (Lipinski definition) is 2. The van der Waals surface area contributed by atoms with Crippen LogP contribution in [0.3, 0.4) is 0 Å². The van der Waals surface area contributed by atoms with Crippen molar-refractivity contribution in [1.82, 2.24) is 10.6 Å². The first-order valence-corrected chi connectivity index (χ1v) is 7.07. The topological polar surface area (TPSA) is 24.1 Å². The first-order chi connectivity index (χ1) is 9.92. The standard InChI is InChI=1S/C18H14N2/c1-2-10-15-14(9-1)19-17-12-7-3-5-11-6-4-8-13(16(11)12)18(17)20-15/h1-10,14-15,19-20H. The van der Waals surface area contributed by atoms with Crippen LogP contribution in [0.25, 0.3) is 22.2 Å². The smallest absolute Gasteiger partial charge is 0.0686 e. The Morgan fingerprint density at radius 1 is 0.700 bits per heavy atom. The normalized spacial score (nSPS) is 25.2. The molecule has 0 fully saturated rings. The molecular formula is C18H14N2. The Morgan fingerprint density at radius 2 is 1.25 bits per heavy atom. The highest BCUT2D eigenvalue weighted by molar-refractivity contribution is 6.13. The van der Waals surface area contributed by atoms with E-state index in [4.69, 9.17) is 0 Å². The maximum absolute atomic E-state index is 3.70. The van der Waals surface area contributed by atoms with Crippen LogP contribution in [-0.4, -0.2) is 12.1 Å². The summed E-state index contributed by atoms with van der Waals surface area (Å²) in [5.74, 6) is 0. The van der Waals surface area contributed by atoms with Gasteiger partial charge in [-0.25, -0.2) is 0 Å². The number of benzene rings is 2. The highest BCUT2D eigenvalue weighted by Gasteiger charge is 2.33. The number of rotatable bonds is 0. The lowest BCUT2D eigenvalue weighted by Crippen LogP contribution is -2.49. The van der Waals surface area contributed by atoms with Crippen molar-refractivity contribution in [2.24, 2.45) is 0 Å². The Hall–Kier alpha value is -2.48. The number of hydrogen-bond acceptors (Lipinski definition) is 2. The molecule has 2 aromatic rings. The molecular weight excluding hydrogens is 244 g/mol. The van der Waals surface area contributed by atoms with Crippen LogP contribution < -0.4 is 10.6 Å². The fourth-order valence-corrected chi connectivity index (χ4v) is 3.54. The van der Waals surface area contributed by atoms with Gasteiger partial charge in [-0.2, -0.15) is 0 Å². The minimum absolute atomic E-state index is 0.336. The Bertz CT molecular complexity index is 762. The van der Waals surface area contributed by atoms with Crippen molar-refractivity contribution in [2.45, 2.75) is 12.1 Å². The summed E-state index contributed by atoms with van der Waals surface area (Å²) in [4.78, 5) is 0. The third-order valence-corrected chi connectivity index (χ3v) is 4.45. The summed E-state index contributed by atoms with van der Waals surface area (Å²) in [6.45, 7) is 0. The quantitative estimate of drug-likeness (QED) is 0.759. The zero-order chi connectivity index (χ0) is 13.1. The van der Waals surface area contributed by atoms with Crippen LogP contribution >= 0.6 is 0 Å². The Labute approximate surface area is 117 Å². The molecule has 5 rings (SSSR count). The summed E-state index contributed by atoms with van der Waals surface area (Å²) in [7, 11) is 0. The Morgan fingerprint density at radius 3 is 1.80 bits per heavy atom. The molecule has 0 amide bonds. The maximum atomic E-state index is 3.70. The summed E-state index contributed by atoms with van der Waals surface area (Å²) in [5, 5.41) is 10.1. The van der Waals surface area contributed by atoms with Crippen molar-refractivity contribution < 1.29 is 0 Å². The van der Waals surface area contributed by atoms with Gasteiger partial charge in [-0.3, -0.25) is 0 Å². The number of fused-ring (bicyclic) bond motifs is 3. The van der Waals surface area contributed by atoms with E-state index in [-0.39, 0.29) is 0 Å². The van der Waals surface area contributed by atoms with E-state index < -0.39 is 0 Å². The van der Waals surface area contributed by atoms with Crippen LogP contribution in [0, 0.1) is 0 Å². The minimum atomic E-state index is 0.336. The lowest BCUT2D eigenvalue weighted by molar-refractivity contribution is 0.557. The minimum Gasteiger partial charge on any atom is -0.374 e. The lowest BCUT2D eigenvalue weighted by atomic mass is 9.98. The molecule has 2 aliphatic carbocycles. The highest BCUT2D eigenvalue weighted by atomic mass is 15.1. The molecule has 2 aromatic carbocycles. The van der Waals surface area contributed by atoms with Gasteiger partial charge in [0.2, 0.25) is 0 Å². The largest absolute Gasteiger partial charge is 0.374 e. The molecule has 96 valence electrons. The predicted octanol–water partition coefficient (Wildman–Crippen LogP) is 3.04. The van der Waals surface area contributed by atoms with Gasteiger partial charge in [0.25, 0.3) is 0 Å². The van der Waals surface area contributed by atoms with E-state index in [1.54, 1.807) is 0 Å². The van der Waals surface area contributed by atoms with Gasteiger partial charge in [0.1, 0.15) is 0 Å². The van der Waals surface area contributed by atoms with Crippen LogP contribution in [0.2, 0.25) is 0 Å². The molecule has 1 aliphatic heterocycles. The molecule has 2 heteroatoms. The van der Waals surface area contributed by atoms with E-state index in [1.807, 2.05) is 0 Å². The van der Waals surface area contributed by atoms with E-state index in [0.717, 1.165) is 0 Å². The molecule has 20 heavy (non-hydrogen) atoms. The predicted molar refractivity (Wildman–Crippen MR) is 82.9 cm³/mol. The Balaban J connectivity index is 1.77. The molecule has 0 spiro atoms. The second-order valence-electron chi connectivity index (χ2n) is 5.57. The summed E-state index contributed by atoms with van der Waals surface area (Å²) in [6.07, 6.45) is 8.68. The zero-order valence-electron chi connectivity index (χ0n) is 10.9. The molecule has 1 heterocycles. The van der Waals surface area contributed by atoms with Crippen LogP contribution in [0.15, 0.2) is 60.7 Å². The van der Waals surface area contributed by atoms with Gasteiger partial charge in [0.05, 0.1) is 23.5 Å². The molecule has 3 aliphatic rings. The van der Waals surface area contributed by atoms with Crippen molar-refractivity contribution in [3.05, 3.63) is 71.8 Å². The van der Waals surface area contributed by atoms with Gasteiger partial charge in [-0.1, -0.05) is 60.7 Å². The molecule has 0 aromatic heterocycles. The fraction of sp³-hybridized carbons (Fsp3) is 0.111. The Kier molecular flexibility index (Phi) is 1.83. The van der Waals surface area contributed by atoms with E-state index in [2.05, 4.69) is 71.3 Å². The van der Waals surface area contributed by atoms with E-state index in [9.17, 15) is 0 Å². The maximum Gasteiger partial charge on any atom is 0.0686 e. The van der Waals surface area contributed by atoms with Gasteiger partial charge in [-0.15, -0.1) is 0 Å². The number of allylic oxidation sites excluding steroid dienone is 2. The van der Waals surface area contributed by atoms with Crippen molar-refractivity contribution in [1.29, 1.82) is 0 Å². The molecule has 0 radical (unpaired) electrons. The summed E-state index contributed by atoms with van der Waals surface area (Å²) < 4.78 is 0. The monoisotopic (exact) mass is 258 g/mol. The molecule has 0 bridgehead atoms. The fourth-order valence-electron chi connectivity index (χ4n) is 3.54. The molecule has 2 nitrogen and oxygen atoms in total. The second kappa shape index (κ2) is 3.54. The van der Waals surface area contributed by atoms with Crippen molar-refractivity contribution in [3.8, 4) is 0 Å². The third-order valence-electron chi connectivity index (χ3n) is 4.45. The van der Waals surface area contributed by atoms with Gasteiger partial charge in [-0.05, 0) is 5.39 Å². The van der Waals surface area contributed by atoms with Crippen molar-refractivity contribution in [2.75, 3.05) is 0 Å². The molecule has 0 saturated heterocycles. The SMILES string of the molecule is C1=CC2NC3=C(NC2C=C1)c1cccc2cccc3c12. The lowest BCUT2D eigenvalue weighted by Gasteiger charge is -2.34. The van der Waals surface area contributed by atoms with Gasteiger partial charge < -0.3 is 10.6 Å². The number of nitrogens with one attached hydrogen (secondary N) is 2. The summed E-state index contributed by atoms with van der Waals surface area (Å²) in [6, 6.07) is 13.8. The van der Waals surface area contributed by atoms with E-state index in [0.29, 0.717) is 12.1 Å². The third kappa shape index (κ3) is 1.19. The first-order valence-electron chi connectivity index (χ1n) is 7.07. The van der Waals surface area contributed by atoms with Crippen molar-refractivity contribution >= 4 is 22.2 Å². The molecule has 2 atom stereocenters. The first kappa shape index (κ1) is 10.3. The average molecular weight is 258 g/mol. The molecule has 2 N–H and O–H groups in total. The average Bonchev–Trinajstić information content (AvgIpc) is 2.82. The zero-order valence-corrected chi connectivity index (χ0v) is 10.9. The molecule has 2 unspecified atom stereocenters. The van der Waals surface area contributed by atoms with Crippen LogP contribution in [-0.2, 0) is 0 Å². The van der Waals surface area contributed by atoms with E-state index >= 15 is 0 Å². The summed E-state index contributed by atoms with van der Waals surface area (Å²) in [5.41, 5.74) is 5.14. The van der Waals surface area contributed by atoms with Crippen LogP contribution in [0.1, 0.15) is 11.1 Å². The van der Waals surface area contributed by atoms with Gasteiger partial charge in [0.15, 0.2) is 0 Å². The van der Waals surface area contributed by atoms with E-state index in [1.165, 1.54) is 33.3 Å². The van der Waals surface area contributed by atoms with Gasteiger partial charge >= 0.3 is 0 Å². The highest BCUT2D eigenvalue weighted by Crippen LogP contribution is 2.41. The summed E-state index contributed by atoms with van der Waals surface area (Å²) >= 11 is 0.